The second-order valence-electron chi connectivity index (χ2n) is 3.84. The Morgan fingerprint density at radius 3 is 3.15 bits per heavy atom. The molecule has 1 aliphatic rings. The highest BCUT2D eigenvalue weighted by Crippen LogP contribution is 2.35. The normalized spacial score (nSPS) is 19.9. The number of aryl methyl sites for hydroxylation is 2. The summed E-state index contributed by atoms with van der Waals surface area (Å²) < 4.78 is 0. The summed E-state index contributed by atoms with van der Waals surface area (Å²) in [6.45, 7) is 2.12. The highest BCUT2D eigenvalue weighted by Gasteiger charge is 2.21. The Kier molecular flexibility index (Phi) is 2.17. The maximum atomic E-state index is 10.4. The number of benzene rings is 1. The molecular weight excluding hydrogens is 160 g/mol. The van der Waals surface area contributed by atoms with Crippen LogP contribution < -0.4 is 0 Å². The van der Waals surface area contributed by atoms with Crippen molar-refractivity contribution in [2.24, 2.45) is 0 Å². The van der Waals surface area contributed by atoms with E-state index in [0.717, 1.165) is 19.1 Å². The Morgan fingerprint density at radius 1 is 1.54 bits per heavy atom. The summed E-state index contributed by atoms with van der Waals surface area (Å²) in [5.74, 6) is 0.494. The molecule has 1 heteroatoms. The van der Waals surface area contributed by atoms with Crippen LogP contribution >= 0.6 is 0 Å². The third-order valence-corrected chi connectivity index (χ3v) is 2.88. The van der Waals surface area contributed by atoms with Gasteiger partial charge in [-0.15, -0.1) is 0 Å². The van der Waals surface area contributed by atoms with E-state index in [4.69, 9.17) is 0 Å². The van der Waals surface area contributed by atoms with Crippen molar-refractivity contribution in [3.63, 3.8) is 0 Å². The third kappa shape index (κ3) is 1.51. The van der Waals surface area contributed by atoms with Gasteiger partial charge < -0.3 is 4.79 Å². The van der Waals surface area contributed by atoms with E-state index >= 15 is 0 Å². The summed E-state index contributed by atoms with van der Waals surface area (Å²) in [5.41, 5.74) is 4.18. The summed E-state index contributed by atoms with van der Waals surface area (Å²) in [4.78, 5) is 10.4. The largest absolute Gasteiger partial charge is 0.303 e. The van der Waals surface area contributed by atoms with Crippen LogP contribution in [0.1, 0.15) is 35.4 Å². The first-order valence-electron chi connectivity index (χ1n) is 4.84. The topological polar surface area (TPSA) is 17.1 Å². The maximum Gasteiger partial charge on any atom is 0.120 e. The molecular formula is C12H14O. The molecule has 2 rings (SSSR count). The molecule has 1 unspecified atom stereocenters. The lowest BCUT2D eigenvalue weighted by atomic mass is 9.98. The van der Waals surface area contributed by atoms with Crippen molar-refractivity contribution >= 4 is 6.29 Å². The number of carbonyl (C=O) groups is 1. The van der Waals surface area contributed by atoms with Gasteiger partial charge in [-0.25, -0.2) is 0 Å². The van der Waals surface area contributed by atoms with Crippen molar-refractivity contribution in [2.45, 2.75) is 32.1 Å². The molecule has 0 bridgehead atoms. The van der Waals surface area contributed by atoms with Crippen LogP contribution in [0.4, 0.5) is 0 Å². The van der Waals surface area contributed by atoms with E-state index in [2.05, 4.69) is 25.1 Å². The van der Waals surface area contributed by atoms with Crippen LogP contribution in [0.2, 0.25) is 0 Å². The monoisotopic (exact) mass is 174 g/mol. The Balaban J connectivity index is 2.32. The van der Waals surface area contributed by atoms with Crippen molar-refractivity contribution in [1.82, 2.24) is 0 Å². The zero-order chi connectivity index (χ0) is 9.26. The summed E-state index contributed by atoms with van der Waals surface area (Å²) >= 11 is 0. The van der Waals surface area contributed by atoms with Gasteiger partial charge in [0.15, 0.2) is 0 Å². The molecule has 1 nitrogen and oxygen atoms in total. The van der Waals surface area contributed by atoms with E-state index in [-0.39, 0.29) is 0 Å². The molecule has 0 aliphatic heterocycles. The fraction of sp³-hybridized carbons (Fsp3) is 0.417. The molecule has 0 fully saturated rings. The predicted molar refractivity (Wildman–Crippen MR) is 52.9 cm³/mol. The van der Waals surface area contributed by atoms with Gasteiger partial charge in [-0.3, -0.25) is 0 Å². The first-order valence-corrected chi connectivity index (χ1v) is 4.84. The molecule has 0 amide bonds. The highest BCUT2D eigenvalue weighted by molar-refractivity contribution is 5.53. The lowest BCUT2D eigenvalue weighted by Gasteiger charge is -2.07. The second kappa shape index (κ2) is 3.33. The van der Waals surface area contributed by atoms with E-state index in [0.29, 0.717) is 12.3 Å². The number of fused-ring (bicyclic) bond motifs is 1. The minimum Gasteiger partial charge on any atom is -0.303 e. The molecule has 0 N–H and O–H groups in total. The number of hydrogen-bond acceptors (Lipinski definition) is 1. The van der Waals surface area contributed by atoms with Crippen LogP contribution in [-0.4, -0.2) is 6.29 Å². The molecule has 13 heavy (non-hydrogen) atoms. The fourth-order valence-corrected chi connectivity index (χ4v) is 2.20. The first kappa shape index (κ1) is 8.49. The highest BCUT2D eigenvalue weighted by atomic mass is 16.1. The summed E-state index contributed by atoms with van der Waals surface area (Å²) in [5, 5.41) is 0. The SMILES string of the molecule is Cc1ccc2c(c1)CCC2CC=O. The molecule has 68 valence electrons. The van der Waals surface area contributed by atoms with Crippen LogP contribution in [-0.2, 0) is 11.2 Å². The number of carbonyl (C=O) groups excluding carboxylic acids is 1. The first-order chi connectivity index (χ1) is 6.31. The van der Waals surface area contributed by atoms with Gasteiger partial charge in [0, 0.05) is 6.42 Å². The van der Waals surface area contributed by atoms with Crippen molar-refractivity contribution in [1.29, 1.82) is 0 Å². The van der Waals surface area contributed by atoms with Gasteiger partial charge in [-0.1, -0.05) is 23.8 Å². The van der Waals surface area contributed by atoms with Gasteiger partial charge in [-0.05, 0) is 36.8 Å². The quantitative estimate of drug-likeness (QED) is 0.630. The van der Waals surface area contributed by atoms with Crippen LogP contribution in [0.15, 0.2) is 18.2 Å². The van der Waals surface area contributed by atoms with Crippen molar-refractivity contribution in [3.05, 3.63) is 34.9 Å². The predicted octanol–water partition coefficient (Wildman–Crippen LogP) is 2.61. The molecule has 0 heterocycles. The van der Waals surface area contributed by atoms with E-state index in [9.17, 15) is 4.79 Å². The van der Waals surface area contributed by atoms with Gasteiger partial charge in [-0.2, -0.15) is 0 Å². The Morgan fingerprint density at radius 2 is 2.38 bits per heavy atom. The average molecular weight is 174 g/mol. The van der Waals surface area contributed by atoms with Gasteiger partial charge in [0.05, 0.1) is 0 Å². The van der Waals surface area contributed by atoms with Crippen molar-refractivity contribution < 1.29 is 4.79 Å². The maximum absolute atomic E-state index is 10.4. The van der Waals surface area contributed by atoms with Gasteiger partial charge >= 0.3 is 0 Å². The molecule has 0 radical (unpaired) electrons. The smallest absolute Gasteiger partial charge is 0.120 e. The minimum atomic E-state index is 0.494. The molecule has 1 atom stereocenters. The molecule has 0 saturated carbocycles. The fourth-order valence-electron chi connectivity index (χ4n) is 2.20. The lowest BCUT2D eigenvalue weighted by molar-refractivity contribution is -0.108. The lowest BCUT2D eigenvalue weighted by Crippen LogP contribution is -1.93. The Bertz CT molecular complexity index is 328. The van der Waals surface area contributed by atoms with Gasteiger partial charge in [0.25, 0.3) is 0 Å². The van der Waals surface area contributed by atoms with E-state index in [1.807, 2.05) is 0 Å². The van der Waals surface area contributed by atoms with Crippen LogP contribution in [0.3, 0.4) is 0 Å². The van der Waals surface area contributed by atoms with Crippen LogP contribution in [0, 0.1) is 6.92 Å². The van der Waals surface area contributed by atoms with Crippen LogP contribution in [0.25, 0.3) is 0 Å². The number of aldehydes is 1. The minimum absolute atomic E-state index is 0.494. The van der Waals surface area contributed by atoms with Crippen LogP contribution in [0.5, 0.6) is 0 Å². The molecule has 1 aromatic rings. The number of hydrogen-bond donors (Lipinski definition) is 0. The second-order valence-corrected chi connectivity index (χ2v) is 3.84. The zero-order valence-electron chi connectivity index (χ0n) is 7.92. The molecule has 0 spiro atoms. The van der Waals surface area contributed by atoms with Gasteiger partial charge in [0.2, 0.25) is 0 Å². The van der Waals surface area contributed by atoms with E-state index < -0.39 is 0 Å². The van der Waals surface area contributed by atoms with Crippen molar-refractivity contribution in [2.75, 3.05) is 0 Å². The molecule has 0 aromatic heterocycles. The average Bonchev–Trinajstić information content (AvgIpc) is 2.49. The third-order valence-electron chi connectivity index (χ3n) is 2.88. The molecule has 0 saturated heterocycles. The summed E-state index contributed by atoms with van der Waals surface area (Å²) in [6, 6.07) is 6.58. The van der Waals surface area contributed by atoms with E-state index in [1.54, 1.807) is 0 Å². The molecule has 1 aliphatic carbocycles. The van der Waals surface area contributed by atoms with Gasteiger partial charge in [0.1, 0.15) is 6.29 Å². The number of rotatable bonds is 2. The van der Waals surface area contributed by atoms with E-state index in [1.165, 1.54) is 16.7 Å². The Hall–Kier alpha value is -1.11. The standard InChI is InChI=1S/C12H14O/c1-9-2-5-12-10(6-7-13)3-4-11(12)8-9/h2,5,7-8,10H,3-4,6H2,1H3. The summed E-state index contributed by atoms with van der Waals surface area (Å²) in [6.07, 6.45) is 4.03. The molecule has 1 aromatic carbocycles. The van der Waals surface area contributed by atoms with Crippen molar-refractivity contribution in [3.8, 4) is 0 Å². The summed E-state index contributed by atoms with van der Waals surface area (Å²) in [7, 11) is 0. The Labute approximate surface area is 78.8 Å². The zero-order valence-corrected chi connectivity index (χ0v) is 7.92.